The lowest BCUT2D eigenvalue weighted by Crippen LogP contribution is -2.28. The third-order valence-corrected chi connectivity index (χ3v) is 4.88. The van der Waals surface area contributed by atoms with Crippen LogP contribution in [-0.2, 0) is 0 Å². The summed E-state index contributed by atoms with van der Waals surface area (Å²) in [4.78, 5) is 0. The number of aryl methyl sites for hydroxylation is 2. The first-order valence-corrected chi connectivity index (χ1v) is 7.56. The maximum Gasteiger partial charge on any atom is 0.0345 e. The molecule has 3 rings (SSSR count). The lowest BCUT2D eigenvalue weighted by atomic mass is 9.82. The van der Waals surface area contributed by atoms with Crippen LogP contribution < -0.4 is 5.32 Å². The molecule has 0 bridgehead atoms. The standard InChI is InChI=1S/C17H25N/c1-12-6-9-17(10-13(12)2)18-16-5-3-4-15(11-16)14-7-8-14/h6,9-10,14-16,18H,3-5,7-8,11H2,1-2H3. The van der Waals surface area contributed by atoms with Crippen LogP contribution in [0, 0.1) is 25.7 Å². The van der Waals surface area contributed by atoms with Crippen LogP contribution in [0.5, 0.6) is 0 Å². The highest BCUT2D eigenvalue weighted by molar-refractivity contribution is 5.48. The predicted octanol–water partition coefficient (Wildman–Crippen LogP) is 4.68. The molecule has 2 unspecified atom stereocenters. The van der Waals surface area contributed by atoms with E-state index in [1.54, 1.807) is 0 Å². The average molecular weight is 243 g/mol. The number of benzene rings is 1. The van der Waals surface area contributed by atoms with Gasteiger partial charge in [0, 0.05) is 11.7 Å². The van der Waals surface area contributed by atoms with Crippen molar-refractivity contribution in [1.82, 2.24) is 0 Å². The fourth-order valence-corrected chi connectivity index (χ4v) is 3.42. The second kappa shape index (κ2) is 4.95. The Morgan fingerprint density at radius 1 is 0.944 bits per heavy atom. The topological polar surface area (TPSA) is 12.0 Å². The first-order chi connectivity index (χ1) is 8.72. The Bertz CT molecular complexity index is 420. The van der Waals surface area contributed by atoms with E-state index in [1.165, 1.54) is 55.3 Å². The third-order valence-electron chi connectivity index (χ3n) is 4.88. The molecule has 2 fully saturated rings. The van der Waals surface area contributed by atoms with Crippen LogP contribution in [-0.4, -0.2) is 6.04 Å². The summed E-state index contributed by atoms with van der Waals surface area (Å²) in [6.45, 7) is 4.39. The van der Waals surface area contributed by atoms with E-state index in [0.717, 1.165) is 11.8 Å². The molecular weight excluding hydrogens is 218 g/mol. The van der Waals surface area contributed by atoms with Crippen LogP contribution in [0.15, 0.2) is 18.2 Å². The van der Waals surface area contributed by atoms with Crippen LogP contribution in [0.25, 0.3) is 0 Å². The van der Waals surface area contributed by atoms with Gasteiger partial charge in [-0.15, -0.1) is 0 Å². The smallest absolute Gasteiger partial charge is 0.0345 e. The molecule has 0 saturated heterocycles. The van der Waals surface area contributed by atoms with E-state index < -0.39 is 0 Å². The van der Waals surface area contributed by atoms with E-state index in [1.807, 2.05) is 0 Å². The molecular formula is C17H25N. The number of nitrogens with one attached hydrogen (secondary N) is 1. The normalized spacial score (nSPS) is 28.1. The molecule has 0 aromatic heterocycles. The van der Waals surface area contributed by atoms with Crippen molar-refractivity contribution in [2.24, 2.45) is 11.8 Å². The lowest BCUT2D eigenvalue weighted by molar-refractivity contribution is 0.303. The Morgan fingerprint density at radius 3 is 2.50 bits per heavy atom. The molecule has 2 atom stereocenters. The summed E-state index contributed by atoms with van der Waals surface area (Å²) in [5.74, 6) is 2.09. The average Bonchev–Trinajstić information content (AvgIpc) is 3.18. The monoisotopic (exact) mass is 243 g/mol. The molecule has 0 heterocycles. The quantitative estimate of drug-likeness (QED) is 0.812. The van der Waals surface area contributed by atoms with Crippen molar-refractivity contribution >= 4 is 5.69 Å². The maximum absolute atomic E-state index is 3.76. The molecule has 1 aromatic carbocycles. The van der Waals surface area contributed by atoms with Crippen molar-refractivity contribution in [2.45, 2.75) is 58.4 Å². The predicted molar refractivity (Wildman–Crippen MR) is 78.0 cm³/mol. The van der Waals surface area contributed by atoms with Crippen molar-refractivity contribution in [3.63, 3.8) is 0 Å². The number of hydrogen-bond donors (Lipinski definition) is 1. The van der Waals surface area contributed by atoms with Crippen LogP contribution in [0.3, 0.4) is 0 Å². The second-order valence-electron chi connectivity index (χ2n) is 6.40. The first kappa shape index (κ1) is 12.1. The van der Waals surface area contributed by atoms with Gasteiger partial charge in [0.25, 0.3) is 0 Å². The van der Waals surface area contributed by atoms with Gasteiger partial charge in [-0.2, -0.15) is 0 Å². The van der Waals surface area contributed by atoms with E-state index in [-0.39, 0.29) is 0 Å². The Morgan fingerprint density at radius 2 is 1.78 bits per heavy atom. The van der Waals surface area contributed by atoms with Gasteiger partial charge in [0.1, 0.15) is 0 Å². The maximum atomic E-state index is 3.76. The van der Waals surface area contributed by atoms with Crippen LogP contribution >= 0.6 is 0 Å². The number of rotatable bonds is 3. The second-order valence-corrected chi connectivity index (χ2v) is 6.40. The van der Waals surface area contributed by atoms with Gasteiger partial charge in [0.15, 0.2) is 0 Å². The minimum Gasteiger partial charge on any atom is -0.382 e. The molecule has 2 aliphatic rings. The van der Waals surface area contributed by atoms with Gasteiger partial charge in [-0.05, 0) is 74.6 Å². The lowest BCUT2D eigenvalue weighted by Gasteiger charge is -2.30. The highest BCUT2D eigenvalue weighted by Crippen LogP contribution is 2.44. The summed E-state index contributed by atoms with van der Waals surface area (Å²) >= 11 is 0. The summed E-state index contributed by atoms with van der Waals surface area (Å²) < 4.78 is 0. The summed E-state index contributed by atoms with van der Waals surface area (Å²) in [5.41, 5.74) is 4.11. The van der Waals surface area contributed by atoms with Crippen LogP contribution in [0.2, 0.25) is 0 Å². The zero-order valence-corrected chi connectivity index (χ0v) is 11.7. The SMILES string of the molecule is Cc1ccc(NC2CCCC(C3CC3)C2)cc1C. The van der Waals surface area contributed by atoms with Crippen molar-refractivity contribution < 1.29 is 0 Å². The summed E-state index contributed by atoms with van der Waals surface area (Å²) in [7, 11) is 0. The molecule has 0 radical (unpaired) electrons. The van der Waals surface area contributed by atoms with E-state index >= 15 is 0 Å². The van der Waals surface area contributed by atoms with Crippen LogP contribution in [0.1, 0.15) is 49.7 Å². The molecule has 2 aliphatic carbocycles. The molecule has 1 aromatic rings. The molecule has 98 valence electrons. The van der Waals surface area contributed by atoms with E-state index in [2.05, 4.69) is 37.4 Å². The van der Waals surface area contributed by atoms with Gasteiger partial charge in [-0.1, -0.05) is 18.9 Å². The number of anilines is 1. The molecule has 18 heavy (non-hydrogen) atoms. The van der Waals surface area contributed by atoms with Crippen molar-refractivity contribution in [3.8, 4) is 0 Å². The van der Waals surface area contributed by atoms with Gasteiger partial charge >= 0.3 is 0 Å². The van der Waals surface area contributed by atoms with Gasteiger partial charge in [-0.25, -0.2) is 0 Å². The van der Waals surface area contributed by atoms with Crippen molar-refractivity contribution in [3.05, 3.63) is 29.3 Å². The van der Waals surface area contributed by atoms with Crippen LogP contribution in [0.4, 0.5) is 5.69 Å². The molecule has 1 N–H and O–H groups in total. The Kier molecular flexibility index (Phi) is 3.32. The highest BCUT2D eigenvalue weighted by Gasteiger charge is 2.34. The fourth-order valence-electron chi connectivity index (χ4n) is 3.42. The Labute approximate surface area is 111 Å². The molecule has 0 aliphatic heterocycles. The van der Waals surface area contributed by atoms with Crippen molar-refractivity contribution in [2.75, 3.05) is 5.32 Å². The van der Waals surface area contributed by atoms with Gasteiger partial charge in [0.2, 0.25) is 0 Å². The molecule has 1 nitrogen and oxygen atoms in total. The third kappa shape index (κ3) is 2.71. The molecule has 0 amide bonds. The Hall–Kier alpha value is -0.980. The summed E-state index contributed by atoms with van der Waals surface area (Å²) in [6, 6.07) is 7.49. The van der Waals surface area contributed by atoms with Gasteiger partial charge < -0.3 is 5.32 Å². The first-order valence-electron chi connectivity index (χ1n) is 7.56. The zero-order chi connectivity index (χ0) is 12.5. The van der Waals surface area contributed by atoms with Gasteiger partial charge in [0.05, 0.1) is 0 Å². The van der Waals surface area contributed by atoms with E-state index in [0.29, 0.717) is 6.04 Å². The summed E-state index contributed by atoms with van der Waals surface area (Å²) in [6.07, 6.45) is 8.66. The molecule has 2 saturated carbocycles. The van der Waals surface area contributed by atoms with Crippen molar-refractivity contribution in [1.29, 1.82) is 0 Å². The molecule has 1 heteroatoms. The summed E-state index contributed by atoms with van der Waals surface area (Å²) in [5, 5.41) is 3.76. The van der Waals surface area contributed by atoms with E-state index in [9.17, 15) is 0 Å². The highest BCUT2D eigenvalue weighted by atomic mass is 14.9. The number of hydrogen-bond acceptors (Lipinski definition) is 1. The Balaban J connectivity index is 1.62. The zero-order valence-electron chi connectivity index (χ0n) is 11.7. The molecule has 0 spiro atoms. The minimum atomic E-state index is 0.714. The fraction of sp³-hybridized carbons (Fsp3) is 0.647. The largest absolute Gasteiger partial charge is 0.382 e. The minimum absolute atomic E-state index is 0.714. The van der Waals surface area contributed by atoms with Gasteiger partial charge in [-0.3, -0.25) is 0 Å². The van der Waals surface area contributed by atoms with E-state index in [4.69, 9.17) is 0 Å².